The Labute approximate surface area is 107 Å². The molecular weight excluding hydrogens is 230 g/mol. The number of hydrazine groups is 1. The fourth-order valence-corrected chi connectivity index (χ4v) is 2.01. The van der Waals surface area contributed by atoms with Crippen molar-refractivity contribution in [3.63, 3.8) is 0 Å². The van der Waals surface area contributed by atoms with Crippen LogP contribution in [0, 0.1) is 6.92 Å². The number of nitrogens with one attached hydrogen (secondary N) is 1. The second-order valence-electron chi connectivity index (χ2n) is 4.93. The number of nitrogens with two attached hydrogens (primary N) is 1. The van der Waals surface area contributed by atoms with Gasteiger partial charge in [-0.1, -0.05) is 0 Å². The second kappa shape index (κ2) is 4.70. The Balaban J connectivity index is 1.80. The van der Waals surface area contributed by atoms with Crippen LogP contribution in [0.2, 0.25) is 0 Å². The van der Waals surface area contributed by atoms with E-state index in [1.165, 1.54) is 12.8 Å². The van der Waals surface area contributed by atoms with Crippen LogP contribution in [0.3, 0.4) is 0 Å². The first kappa shape index (κ1) is 11.7. The summed E-state index contributed by atoms with van der Waals surface area (Å²) in [4.78, 5) is 8.98. The van der Waals surface area contributed by atoms with E-state index in [1.54, 1.807) is 0 Å². The summed E-state index contributed by atoms with van der Waals surface area (Å²) in [5.41, 5.74) is 10.2. The van der Waals surface area contributed by atoms with Gasteiger partial charge in [0.15, 0.2) is 0 Å². The van der Waals surface area contributed by atoms with E-state index >= 15 is 0 Å². The summed E-state index contributed by atoms with van der Waals surface area (Å²) in [5, 5.41) is 2.12. The summed E-state index contributed by atoms with van der Waals surface area (Å²) < 4.78 is 5.32. The molecule has 1 aliphatic heterocycles. The molecule has 0 atom stereocenters. The Bertz CT molecular complexity index is 440. The molecule has 1 aliphatic carbocycles. The second-order valence-corrected chi connectivity index (χ2v) is 4.93. The average Bonchev–Trinajstić information content (AvgIpc) is 3.20. The van der Waals surface area contributed by atoms with E-state index in [4.69, 9.17) is 10.5 Å². The van der Waals surface area contributed by atoms with Crippen LogP contribution < -0.4 is 11.2 Å². The zero-order valence-electron chi connectivity index (χ0n) is 10.6. The van der Waals surface area contributed by atoms with Crippen LogP contribution in [0.5, 0.6) is 0 Å². The quantitative estimate of drug-likeness (QED) is 0.829. The average molecular weight is 249 g/mol. The molecule has 1 aromatic heterocycles. The lowest BCUT2D eigenvalue weighted by Crippen LogP contribution is -2.40. The molecule has 3 rings (SSSR count). The summed E-state index contributed by atoms with van der Waals surface area (Å²) in [6.07, 6.45) is 2.36. The molecule has 2 aliphatic rings. The summed E-state index contributed by atoms with van der Waals surface area (Å²) in [7, 11) is 0. The lowest BCUT2D eigenvalue weighted by atomic mass is 10.3. The highest BCUT2D eigenvalue weighted by Gasteiger charge is 2.28. The number of hydrogen-bond acceptors (Lipinski definition) is 6. The van der Waals surface area contributed by atoms with Crippen LogP contribution in [0.25, 0.3) is 0 Å². The van der Waals surface area contributed by atoms with Crippen LogP contribution in [0.4, 0.5) is 11.6 Å². The van der Waals surface area contributed by atoms with Crippen molar-refractivity contribution < 1.29 is 4.74 Å². The highest BCUT2D eigenvalue weighted by molar-refractivity contribution is 5.54. The Hall–Kier alpha value is -1.40. The van der Waals surface area contributed by atoms with Gasteiger partial charge in [0.25, 0.3) is 0 Å². The fourth-order valence-electron chi connectivity index (χ4n) is 2.01. The van der Waals surface area contributed by atoms with Gasteiger partial charge in [-0.25, -0.2) is 15.0 Å². The normalized spacial score (nSPS) is 20.9. The number of morpholine rings is 1. The molecule has 2 fully saturated rings. The van der Waals surface area contributed by atoms with E-state index in [-0.39, 0.29) is 0 Å². The lowest BCUT2D eigenvalue weighted by molar-refractivity contribution is 0.0494. The first-order chi connectivity index (χ1) is 8.74. The Morgan fingerprint density at radius 1 is 1.28 bits per heavy atom. The molecule has 0 spiro atoms. The monoisotopic (exact) mass is 249 g/mol. The SMILES string of the molecule is Cc1c(N)nc(C2CC2)nc1NN1CCOCC1. The largest absolute Gasteiger partial charge is 0.383 e. The van der Waals surface area contributed by atoms with Crippen molar-refractivity contribution in [2.75, 3.05) is 37.5 Å². The smallest absolute Gasteiger partial charge is 0.149 e. The van der Waals surface area contributed by atoms with Gasteiger partial charge in [0.05, 0.1) is 13.2 Å². The summed E-state index contributed by atoms with van der Waals surface area (Å²) in [5.74, 6) is 2.82. The molecule has 1 aromatic rings. The van der Waals surface area contributed by atoms with E-state index in [0.29, 0.717) is 11.7 Å². The third-order valence-electron chi connectivity index (χ3n) is 3.42. The van der Waals surface area contributed by atoms with Crippen molar-refractivity contribution in [2.45, 2.75) is 25.7 Å². The number of hydrogen-bond donors (Lipinski definition) is 2. The lowest BCUT2D eigenvalue weighted by Gasteiger charge is -2.28. The minimum absolute atomic E-state index is 0.512. The van der Waals surface area contributed by atoms with Crippen molar-refractivity contribution in [3.05, 3.63) is 11.4 Å². The van der Waals surface area contributed by atoms with Crippen LogP contribution >= 0.6 is 0 Å². The molecule has 3 N–H and O–H groups in total. The van der Waals surface area contributed by atoms with Crippen molar-refractivity contribution in [3.8, 4) is 0 Å². The zero-order chi connectivity index (χ0) is 12.5. The number of aromatic nitrogens is 2. The molecule has 0 unspecified atom stereocenters. The fraction of sp³-hybridized carbons (Fsp3) is 0.667. The summed E-state index contributed by atoms with van der Waals surface area (Å²) in [6.45, 7) is 5.18. The molecule has 98 valence electrons. The Morgan fingerprint density at radius 2 is 2.00 bits per heavy atom. The maximum absolute atomic E-state index is 5.96. The molecule has 0 amide bonds. The predicted molar refractivity (Wildman–Crippen MR) is 69.2 cm³/mol. The molecule has 0 radical (unpaired) electrons. The molecule has 6 nitrogen and oxygen atoms in total. The molecule has 1 saturated heterocycles. The third-order valence-corrected chi connectivity index (χ3v) is 3.42. The molecule has 6 heteroatoms. The molecule has 1 saturated carbocycles. The maximum atomic E-state index is 5.96. The standard InChI is InChI=1S/C12H19N5O/c1-8-10(13)14-12(9-2-3-9)15-11(8)16-17-4-6-18-7-5-17/h9H,2-7H2,1H3,(H3,13,14,15,16). The minimum Gasteiger partial charge on any atom is -0.383 e. The molecule has 18 heavy (non-hydrogen) atoms. The van der Waals surface area contributed by atoms with E-state index < -0.39 is 0 Å². The van der Waals surface area contributed by atoms with Crippen molar-refractivity contribution in [2.24, 2.45) is 0 Å². The Morgan fingerprint density at radius 3 is 2.67 bits per heavy atom. The molecule has 2 heterocycles. The topological polar surface area (TPSA) is 76.3 Å². The number of rotatable bonds is 3. The number of nitrogen functional groups attached to an aromatic ring is 1. The van der Waals surface area contributed by atoms with E-state index in [2.05, 4.69) is 20.4 Å². The number of ether oxygens (including phenoxy) is 1. The number of anilines is 2. The van der Waals surface area contributed by atoms with Gasteiger partial charge in [-0.2, -0.15) is 0 Å². The number of nitrogens with zero attached hydrogens (tertiary/aromatic N) is 3. The highest BCUT2D eigenvalue weighted by atomic mass is 16.5. The summed E-state index contributed by atoms with van der Waals surface area (Å²) >= 11 is 0. The van der Waals surface area contributed by atoms with Crippen LogP contribution in [-0.4, -0.2) is 41.3 Å². The highest BCUT2D eigenvalue weighted by Crippen LogP contribution is 2.39. The van der Waals surface area contributed by atoms with Crippen molar-refractivity contribution in [1.82, 2.24) is 15.0 Å². The molecule has 0 bridgehead atoms. The Kier molecular flexibility index (Phi) is 3.05. The minimum atomic E-state index is 0.512. The van der Waals surface area contributed by atoms with Crippen LogP contribution in [0.1, 0.15) is 30.1 Å². The van der Waals surface area contributed by atoms with Crippen molar-refractivity contribution in [1.29, 1.82) is 0 Å². The van der Waals surface area contributed by atoms with Gasteiger partial charge in [-0.05, 0) is 19.8 Å². The first-order valence-corrected chi connectivity index (χ1v) is 6.47. The van der Waals surface area contributed by atoms with Gasteiger partial charge in [0.2, 0.25) is 0 Å². The van der Waals surface area contributed by atoms with Gasteiger partial charge in [0, 0.05) is 24.6 Å². The predicted octanol–water partition coefficient (Wildman–Crippen LogP) is 0.904. The van der Waals surface area contributed by atoms with E-state index in [1.807, 2.05) is 6.92 Å². The van der Waals surface area contributed by atoms with Gasteiger partial charge in [-0.3, -0.25) is 0 Å². The molecule has 0 aromatic carbocycles. The van der Waals surface area contributed by atoms with Crippen LogP contribution in [0.15, 0.2) is 0 Å². The maximum Gasteiger partial charge on any atom is 0.149 e. The van der Waals surface area contributed by atoms with E-state index in [0.717, 1.165) is 43.5 Å². The van der Waals surface area contributed by atoms with Gasteiger partial charge in [0.1, 0.15) is 17.5 Å². The van der Waals surface area contributed by atoms with Gasteiger partial charge in [-0.15, -0.1) is 0 Å². The first-order valence-electron chi connectivity index (χ1n) is 6.47. The van der Waals surface area contributed by atoms with Crippen molar-refractivity contribution >= 4 is 11.6 Å². The summed E-state index contributed by atoms with van der Waals surface area (Å²) in [6, 6.07) is 0. The van der Waals surface area contributed by atoms with E-state index in [9.17, 15) is 0 Å². The van der Waals surface area contributed by atoms with Crippen LogP contribution in [-0.2, 0) is 4.74 Å². The van der Waals surface area contributed by atoms with Gasteiger partial charge < -0.3 is 15.9 Å². The zero-order valence-corrected chi connectivity index (χ0v) is 10.6. The van der Waals surface area contributed by atoms with Gasteiger partial charge >= 0.3 is 0 Å². The third kappa shape index (κ3) is 2.39. The molecular formula is C12H19N5O.